The maximum atomic E-state index is 8.67. The van der Waals surface area contributed by atoms with Crippen molar-refractivity contribution >= 4 is 11.9 Å². The molecule has 0 aliphatic heterocycles. The fourth-order valence-corrected chi connectivity index (χ4v) is 0. The molecule has 88 valence electrons. The van der Waals surface area contributed by atoms with Crippen LogP contribution in [0.25, 0.3) is 0 Å². The second-order valence-electron chi connectivity index (χ2n) is 1.44. The molecule has 0 rings (SSSR count). The van der Waals surface area contributed by atoms with Crippen LogP contribution in [-0.4, -0.2) is 15.9 Å². The van der Waals surface area contributed by atoms with Crippen LogP contribution >= 0.6 is 0 Å². The topological polar surface area (TPSA) is 228 Å². The summed E-state index contributed by atoms with van der Waals surface area (Å²) in [4.78, 5) is 8.67. The van der Waals surface area contributed by atoms with Gasteiger partial charge in [-0.15, -0.1) is 0 Å². The van der Waals surface area contributed by atoms with E-state index in [0.29, 0.717) is 0 Å². The van der Waals surface area contributed by atoms with E-state index in [0.717, 1.165) is 10.9 Å². The first-order chi connectivity index (χ1) is 6.27. The maximum absolute atomic E-state index is 8.67. The summed E-state index contributed by atoms with van der Waals surface area (Å²) in [6.45, 7) is 0. The van der Waals surface area contributed by atoms with Crippen LogP contribution in [0.15, 0.2) is 0 Å². The molecule has 0 heterocycles. The second kappa shape index (κ2) is 14.2. The fraction of sp³-hybridized carbons (Fsp3) is 0. The standard InChI is InChI=1S/2CH6N4.Co.NO2/c2*2-1(3)5-4;;2-1-3/h2*4H2,(H4,2,3,5);;/q;;-2;/p+2. The van der Waals surface area contributed by atoms with Crippen LogP contribution in [0.3, 0.4) is 0 Å². The first-order valence-electron chi connectivity index (χ1n) is 2.84. The number of nitro groups is 1. The Bertz CT molecular complexity index is 164. The van der Waals surface area contributed by atoms with Gasteiger partial charge in [0, 0.05) is 0 Å². The molecule has 11 nitrogen and oxygen atoms in total. The van der Waals surface area contributed by atoms with Crippen molar-refractivity contribution in [3.63, 3.8) is 0 Å². The third-order valence-corrected chi connectivity index (χ3v) is 0.359. The Morgan fingerprint density at radius 3 is 1.29 bits per heavy atom. The summed E-state index contributed by atoms with van der Waals surface area (Å²) in [7, 11) is 0. The van der Waals surface area contributed by atoms with Gasteiger partial charge in [-0.1, -0.05) is 0 Å². The molecule has 0 spiro atoms. The van der Waals surface area contributed by atoms with Gasteiger partial charge in [-0.2, -0.15) is 11.7 Å². The molecule has 14 heavy (non-hydrogen) atoms. The monoisotopic (exact) mass is 255 g/mol. The van der Waals surface area contributed by atoms with E-state index in [1.54, 1.807) is 0 Å². The average Bonchev–Trinajstić information content (AvgIpc) is 2.04. The summed E-state index contributed by atoms with van der Waals surface area (Å²) in [5.41, 5.74) is 11.4. The molecule has 0 radical (unpaired) electrons. The molecular weight excluding hydrogens is 241 g/mol. The Morgan fingerprint density at radius 2 is 1.29 bits per heavy atom. The van der Waals surface area contributed by atoms with Gasteiger partial charge in [0.05, 0.1) is 0 Å². The molecule has 0 amide bonds. The van der Waals surface area contributed by atoms with Crippen molar-refractivity contribution in [3.05, 3.63) is 10.1 Å². The second-order valence-corrected chi connectivity index (χ2v) is 1.82. The van der Waals surface area contributed by atoms with Gasteiger partial charge in [-0.25, -0.2) is 21.7 Å². The normalized spacial score (nSPS) is 7.14. The van der Waals surface area contributed by atoms with E-state index >= 15 is 0 Å². The van der Waals surface area contributed by atoms with Gasteiger partial charge in [-0.3, -0.25) is 0 Å². The van der Waals surface area contributed by atoms with Crippen molar-refractivity contribution in [1.29, 1.82) is 10.8 Å². The van der Waals surface area contributed by atoms with Crippen LogP contribution in [0.5, 0.6) is 0 Å². The predicted octanol–water partition coefficient (Wildman–Crippen LogP) is -5.64. The molecule has 0 bridgehead atoms. The summed E-state index contributed by atoms with van der Waals surface area (Å²) in [6, 6.07) is 0. The van der Waals surface area contributed by atoms with Gasteiger partial charge >= 0.3 is 42.0 Å². The van der Waals surface area contributed by atoms with Gasteiger partial charge in [-0.05, 0) is 0 Å². The van der Waals surface area contributed by atoms with Crippen molar-refractivity contribution in [2.24, 2.45) is 23.2 Å². The molecule has 0 saturated heterocycles. The molecular formula is C2H14CoN9O2. The van der Waals surface area contributed by atoms with E-state index in [2.05, 4.69) is 16.0 Å². The average molecular weight is 255 g/mol. The molecule has 12 heteroatoms. The number of quaternary nitrogens is 2. The van der Waals surface area contributed by atoms with Crippen molar-refractivity contribution in [2.75, 3.05) is 0 Å². The zero-order chi connectivity index (χ0) is 12.1. The predicted molar refractivity (Wildman–Crippen MR) is 43.0 cm³/mol. The van der Waals surface area contributed by atoms with E-state index in [4.69, 9.17) is 44.1 Å². The first-order valence-corrected chi connectivity index (χ1v) is 3.30. The quantitative estimate of drug-likeness (QED) is 0.0690. The van der Waals surface area contributed by atoms with Crippen molar-refractivity contribution < 1.29 is 30.8 Å². The van der Waals surface area contributed by atoms with Gasteiger partial charge in [0.1, 0.15) is 0 Å². The molecule has 0 aliphatic carbocycles. The SMILES string of the molecule is N=C(N)[NH2+]N.N=C(N)[NH2+]N.O=[N+]([O-])[Co-2]. The molecule has 0 aromatic heterocycles. The minimum absolute atomic E-state index is 0.0926. The molecule has 0 aromatic carbocycles. The van der Waals surface area contributed by atoms with Gasteiger partial charge in [0.2, 0.25) is 0 Å². The Kier molecular flexibility index (Phi) is 18.8. The van der Waals surface area contributed by atoms with E-state index in [1.807, 2.05) is 0 Å². The summed E-state index contributed by atoms with van der Waals surface area (Å²) in [5, 5.41) is 21.3. The van der Waals surface area contributed by atoms with Crippen LogP contribution in [0.2, 0.25) is 0 Å². The van der Waals surface area contributed by atoms with E-state index in [1.165, 1.54) is 0 Å². The number of hydrogen-bond acceptors (Lipinski definition) is 6. The molecule has 0 unspecified atom stereocenters. The molecule has 14 N–H and O–H groups in total. The number of guanidine groups is 2. The molecule has 0 saturated carbocycles. The Labute approximate surface area is 87.5 Å². The summed E-state index contributed by atoms with van der Waals surface area (Å²) < 4.78 is -0.812. The molecule has 0 aromatic rings. The van der Waals surface area contributed by atoms with Crippen LogP contribution in [0, 0.1) is 20.9 Å². The minimum atomic E-state index is -0.812. The Morgan fingerprint density at radius 1 is 1.21 bits per heavy atom. The summed E-state index contributed by atoms with van der Waals surface area (Å²) in [5.74, 6) is 9.21. The van der Waals surface area contributed by atoms with E-state index in [-0.39, 0.29) is 11.9 Å². The molecule has 0 atom stereocenters. The zero-order valence-corrected chi connectivity index (χ0v) is 8.10. The number of nitrogens with zero attached hydrogens (tertiary/aromatic N) is 1. The Hall–Kier alpha value is -1.31. The number of hydrogen-bond donors (Lipinski definition) is 8. The van der Waals surface area contributed by atoms with Crippen molar-refractivity contribution in [3.8, 4) is 0 Å². The first kappa shape index (κ1) is 18.5. The van der Waals surface area contributed by atoms with Crippen LogP contribution in [0.1, 0.15) is 0 Å². The number of rotatable bonds is 0. The van der Waals surface area contributed by atoms with E-state index in [9.17, 15) is 0 Å². The molecule has 0 aliphatic rings. The Balaban J connectivity index is -0.000000131. The van der Waals surface area contributed by atoms with Crippen LogP contribution < -0.4 is 34.0 Å². The van der Waals surface area contributed by atoms with Gasteiger partial charge < -0.3 is 11.5 Å². The van der Waals surface area contributed by atoms with Crippen molar-refractivity contribution in [1.82, 2.24) is 0 Å². The van der Waals surface area contributed by atoms with Gasteiger partial charge in [0.25, 0.3) is 0 Å². The third-order valence-electron chi connectivity index (χ3n) is 0.359. The van der Waals surface area contributed by atoms with Crippen molar-refractivity contribution in [2.45, 2.75) is 0 Å². The molecule has 0 fully saturated rings. The van der Waals surface area contributed by atoms with Crippen LogP contribution in [-0.2, 0) is 16.0 Å². The number of nitrogens with two attached hydrogens (primary N) is 6. The third kappa shape index (κ3) is 139. The van der Waals surface area contributed by atoms with Crippen LogP contribution in [0.4, 0.5) is 0 Å². The van der Waals surface area contributed by atoms with E-state index < -0.39 is 3.97 Å². The summed E-state index contributed by atoms with van der Waals surface area (Å²) in [6.07, 6.45) is 0. The number of nitrogens with one attached hydrogen (secondary N) is 2. The summed E-state index contributed by atoms with van der Waals surface area (Å²) >= 11 is 2.73. The van der Waals surface area contributed by atoms with Gasteiger partial charge in [0.15, 0.2) is 0 Å². The fourth-order valence-electron chi connectivity index (χ4n) is 0. The zero-order valence-electron chi connectivity index (χ0n) is 7.06.